The quantitative estimate of drug-likeness (QED) is 0.854. The Labute approximate surface area is 111 Å². The number of nitrogens with one attached hydrogen (secondary N) is 2. The second kappa shape index (κ2) is 6.30. The smallest absolute Gasteiger partial charge is 0.240 e. The maximum absolute atomic E-state index is 11.4. The molecular formula is C10H17ClN4OS. The molecule has 0 radical (unpaired) electrons. The van der Waals surface area contributed by atoms with Gasteiger partial charge in [-0.1, -0.05) is 0 Å². The number of fused-ring (bicyclic) bond motifs is 1. The third kappa shape index (κ3) is 3.64. The monoisotopic (exact) mass is 276 g/mol. The average molecular weight is 277 g/mol. The van der Waals surface area contributed by atoms with E-state index in [1.165, 1.54) is 4.88 Å². The Morgan fingerprint density at radius 1 is 1.59 bits per heavy atom. The predicted octanol–water partition coefficient (Wildman–Crippen LogP) is 0.711. The summed E-state index contributed by atoms with van der Waals surface area (Å²) >= 11 is 1.58. The number of thiazole rings is 1. The van der Waals surface area contributed by atoms with E-state index in [9.17, 15) is 4.79 Å². The number of carbonyl (C=O) groups is 1. The third-order valence-electron chi connectivity index (χ3n) is 2.51. The number of anilines is 1. The van der Waals surface area contributed by atoms with Crippen LogP contribution in [-0.2, 0) is 17.8 Å². The zero-order valence-electron chi connectivity index (χ0n) is 9.95. The van der Waals surface area contributed by atoms with Crippen molar-refractivity contribution in [3.05, 3.63) is 10.6 Å². The van der Waals surface area contributed by atoms with Crippen LogP contribution in [0, 0.1) is 0 Å². The lowest BCUT2D eigenvalue weighted by molar-refractivity contribution is -0.115. The van der Waals surface area contributed by atoms with Gasteiger partial charge < -0.3 is 15.5 Å². The first kappa shape index (κ1) is 14.4. The van der Waals surface area contributed by atoms with Gasteiger partial charge in [-0.05, 0) is 14.1 Å². The van der Waals surface area contributed by atoms with Crippen LogP contribution in [0.1, 0.15) is 10.6 Å². The molecule has 1 aromatic rings. The van der Waals surface area contributed by atoms with Gasteiger partial charge in [0.25, 0.3) is 0 Å². The predicted molar refractivity (Wildman–Crippen MR) is 72.0 cm³/mol. The molecule has 17 heavy (non-hydrogen) atoms. The van der Waals surface area contributed by atoms with E-state index in [1.54, 1.807) is 18.4 Å². The number of halogens is 1. The third-order valence-corrected chi connectivity index (χ3v) is 3.50. The largest absolute Gasteiger partial charge is 0.311 e. The van der Waals surface area contributed by atoms with Crippen molar-refractivity contribution in [2.45, 2.75) is 13.0 Å². The van der Waals surface area contributed by atoms with E-state index < -0.39 is 0 Å². The van der Waals surface area contributed by atoms with Gasteiger partial charge in [0.1, 0.15) is 0 Å². The number of amides is 1. The highest BCUT2D eigenvalue weighted by Gasteiger charge is 2.18. The van der Waals surface area contributed by atoms with Crippen LogP contribution < -0.4 is 10.6 Å². The summed E-state index contributed by atoms with van der Waals surface area (Å²) in [5.41, 5.74) is 1.14. The lowest BCUT2D eigenvalue weighted by atomic mass is 10.2. The maximum atomic E-state index is 11.4. The molecule has 0 aliphatic carbocycles. The molecule has 1 aliphatic heterocycles. The van der Waals surface area contributed by atoms with E-state index in [0.29, 0.717) is 6.54 Å². The molecule has 2 rings (SSSR count). The standard InChI is InChI=1S/C10H16N4OS.ClH/c1-11-5-9(15)13-10-12-7-3-4-14(2)6-8(7)16-10;/h11H,3-6H2,1-2H3,(H,12,13,15);1H. The van der Waals surface area contributed by atoms with Gasteiger partial charge in [0.05, 0.1) is 12.2 Å². The number of aromatic nitrogens is 1. The summed E-state index contributed by atoms with van der Waals surface area (Å²) in [4.78, 5) is 19.3. The van der Waals surface area contributed by atoms with Crippen LogP contribution in [0.15, 0.2) is 0 Å². The van der Waals surface area contributed by atoms with E-state index in [2.05, 4.69) is 27.6 Å². The highest BCUT2D eigenvalue weighted by atomic mass is 35.5. The van der Waals surface area contributed by atoms with Gasteiger partial charge in [0, 0.05) is 24.4 Å². The Bertz CT molecular complexity index is 396. The number of rotatable bonds is 3. The molecule has 5 nitrogen and oxygen atoms in total. The molecule has 0 unspecified atom stereocenters. The van der Waals surface area contributed by atoms with Gasteiger partial charge >= 0.3 is 0 Å². The Balaban J connectivity index is 0.00000144. The van der Waals surface area contributed by atoms with Gasteiger partial charge in [0.15, 0.2) is 5.13 Å². The van der Waals surface area contributed by atoms with Crippen molar-refractivity contribution in [3.63, 3.8) is 0 Å². The molecule has 2 N–H and O–H groups in total. The molecule has 0 saturated carbocycles. The number of nitrogens with zero attached hydrogens (tertiary/aromatic N) is 2. The van der Waals surface area contributed by atoms with E-state index in [-0.39, 0.29) is 18.3 Å². The molecule has 1 aliphatic rings. The first-order valence-corrected chi connectivity index (χ1v) is 6.12. The summed E-state index contributed by atoms with van der Waals surface area (Å²) in [5.74, 6) is -0.0399. The van der Waals surface area contributed by atoms with Crippen LogP contribution in [-0.4, -0.2) is 43.0 Å². The molecule has 0 aromatic carbocycles. The van der Waals surface area contributed by atoms with E-state index >= 15 is 0 Å². The highest BCUT2D eigenvalue weighted by molar-refractivity contribution is 7.15. The van der Waals surface area contributed by atoms with Crippen molar-refractivity contribution in [3.8, 4) is 0 Å². The molecule has 0 fully saturated rings. The Morgan fingerprint density at radius 3 is 3.06 bits per heavy atom. The van der Waals surface area contributed by atoms with Crippen LogP contribution in [0.25, 0.3) is 0 Å². The van der Waals surface area contributed by atoms with Crippen LogP contribution >= 0.6 is 23.7 Å². The fourth-order valence-electron chi connectivity index (χ4n) is 1.70. The fraction of sp³-hybridized carbons (Fsp3) is 0.600. The normalized spacial score (nSPS) is 14.9. The summed E-state index contributed by atoms with van der Waals surface area (Å²) in [6.07, 6.45) is 0.976. The number of hydrogen-bond donors (Lipinski definition) is 2. The Morgan fingerprint density at radius 2 is 2.35 bits per heavy atom. The molecule has 0 spiro atoms. The second-order valence-electron chi connectivity index (χ2n) is 3.96. The van der Waals surface area contributed by atoms with Gasteiger partial charge in [-0.2, -0.15) is 0 Å². The molecule has 96 valence electrons. The Hall–Kier alpha value is -0.690. The zero-order chi connectivity index (χ0) is 11.5. The van der Waals surface area contributed by atoms with Crippen molar-refractivity contribution in [2.75, 3.05) is 32.5 Å². The molecule has 0 bridgehead atoms. The fourth-order valence-corrected chi connectivity index (χ4v) is 2.81. The van der Waals surface area contributed by atoms with E-state index in [4.69, 9.17) is 0 Å². The maximum Gasteiger partial charge on any atom is 0.240 e. The van der Waals surface area contributed by atoms with Crippen molar-refractivity contribution in [1.29, 1.82) is 0 Å². The molecule has 1 amide bonds. The van der Waals surface area contributed by atoms with Crippen LogP contribution in [0.5, 0.6) is 0 Å². The molecule has 0 saturated heterocycles. The van der Waals surface area contributed by atoms with E-state index in [1.807, 2.05) is 0 Å². The molecular weight excluding hydrogens is 260 g/mol. The first-order chi connectivity index (χ1) is 7.69. The van der Waals surface area contributed by atoms with Crippen molar-refractivity contribution in [1.82, 2.24) is 15.2 Å². The summed E-state index contributed by atoms with van der Waals surface area (Å²) in [5, 5.41) is 6.34. The summed E-state index contributed by atoms with van der Waals surface area (Å²) < 4.78 is 0. The molecule has 7 heteroatoms. The summed E-state index contributed by atoms with van der Waals surface area (Å²) in [6, 6.07) is 0. The Kier molecular flexibility index (Phi) is 5.32. The molecule has 0 atom stereocenters. The number of likely N-dealkylation sites (N-methyl/N-ethyl adjacent to an activating group) is 2. The minimum atomic E-state index is -0.0399. The molecule has 1 aromatic heterocycles. The minimum absolute atomic E-state index is 0. The van der Waals surface area contributed by atoms with Crippen LogP contribution in [0.3, 0.4) is 0 Å². The lowest BCUT2D eigenvalue weighted by Gasteiger charge is -2.20. The SMILES string of the molecule is CNCC(=O)Nc1nc2c(s1)CN(C)CC2.Cl. The highest BCUT2D eigenvalue weighted by Crippen LogP contribution is 2.27. The van der Waals surface area contributed by atoms with Gasteiger partial charge in [-0.15, -0.1) is 23.7 Å². The van der Waals surface area contributed by atoms with Gasteiger partial charge in [0.2, 0.25) is 5.91 Å². The van der Waals surface area contributed by atoms with Gasteiger partial charge in [-0.25, -0.2) is 4.98 Å². The van der Waals surface area contributed by atoms with Crippen molar-refractivity contribution in [2.24, 2.45) is 0 Å². The summed E-state index contributed by atoms with van der Waals surface area (Å²) in [6.45, 7) is 2.31. The molecule has 2 heterocycles. The number of hydrogen-bond acceptors (Lipinski definition) is 5. The topological polar surface area (TPSA) is 57.3 Å². The average Bonchev–Trinajstić information content (AvgIpc) is 2.59. The zero-order valence-corrected chi connectivity index (χ0v) is 11.6. The van der Waals surface area contributed by atoms with Crippen molar-refractivity contribution < 1.29 is 4.79 Å². The summed E-state index contributed by atoms with van der Waals surface area (Å²) in [7, 11) is 3.85. The van der Waals surface area contributed by atoms with Crippen LogP contribution in [0.2, 0.25) is 0 Å². The van der Waals surface area contributed by atoms with E-state index in [0.717, 1.165) is 30.3 Å². The number of carbonyl (C=O) groups excluding carboxylic acids is 1. The first-order valence-electron chi connectivity index (χ1n) is 5.30. The second-order valence-corrected chi connectivity index (χ2v) is 5.04. The minimum Gasteiger partial charge on any atom is -0.311 e. The van der Waals surface area contributed by atoms with Crippen LogP contribution in [0.4, 0.5) is 5.13 Å². The van der Waals surface area contributed by atoms with Crippen molar-refractivity contribution >= 4 is 34.8 Å². The lowest BCUT2D eigenvalue weighted by Crippen LogP contribution is -2.25. The van der Waals surface area contributed by atoms with Gasteiger partial charge in [-0.3, -0.25) is 4.79 Å².